The number of halogens is 2. The second-order valence-corrected chi connectivity index (χ2v) is 5.81. The molecule has 0 aliphatic carbocycles. The average Bonchev–Trinajstić information content (AvgIpc) is 2.43. The Bertz CT molecular complexity index is 505. The van der Waals surface area contributed by atoms with Crippen LogP contribution >= 0.6 is 11.6 Å². The molecule has 1 atom stereocenters. The van der Waals surface area contributed by atoms with Crippen LogP contribution in [0.3, 0.4) is 0 Å². The lowest BCUT2D eigenvalue weighted by molar-refractivity contribution is 0.0674. The van der Waals surface area contributed by atoms with Crippen LogP contribution in [-0.2, 0) is 0 Å². The van der Waals surface area contributed by atoms with E-state index in [0.29, 0.717) is 17.0 Å². The van der Waals surface area contributed by atoms with E-state index in [1.54, 1.807) is 13.0 Å². The van der Waals surface area contributed by atoms with Crippen molar-refractivity contribution in [1.29, 1.82) is 0 Å². The standard InChI is InChI=1S/C15H20ClFN2O/c1-10-6-12(13(16)7-14(10)17)15(20)19-5-3-4-11(9-19)8-18-2/h6-7,11,18H,3-5,8-9H2,1-2H3. The number of hydrogen-bond donors (Lipinski definition) is 1. The second kappa shape index (κ2) is 6.55. The molecule has 5 heteroatoms. The Morgan fingerprint density at radius 1 is 1.55 bits per heavy atom. The molecule has 1 aliphatic rings. The minimum atomic E-state index is -0.377. The number of carbonyl (C=O) groups is 1. The van der Waals surface area contributed by atoms with E-state index in [1.807, 2.05) is 11.9 Å². The molecule has 110 valence electrons. The Morgan fingerprint density at radius 3 is 3.00 bits per heavy atom. The maximum absolute atomic E-state index is 13.4. The van der Waals surface area contributed by atoms with Gasteiger partial charge in [0.25, 0.3) is 5.91 Å². The minimum Gasteiger partial charge on any atom is -0.338 e. The number of amides is 1. The summed E-state index contributed by atoms with van der Waals surface area (Å²) in [6.07, 6.45) is 2.12. The van der Waals surface area contributed by atoms with Crippen molar-refractivity contribution in [2.24, 2.45) is 5.92 Å². The third kappa shape index (κ3) is 3.30. The first kappa shape index (κ1) is 15.3. The third-order valence-corrected chi connectivity index (χ3v) is 4.09. The zero-order valence-corrected chi connectivity index (χ0v) is 12.6. The number of likely N-dealkylation sites (tertiary alicyclic amines) is 1. The molecular weight excluding hydrogens is 279 g/mol. The monoisotopic (exact) mass is 298 g/mol. The molecule has 1 unspecified atom stereocenters. The minimum absolute atomic E-state index is 0.0982. The second-order valence-electron chi connectivity index (χ2n) is 5.40. The summed E-state index contributed by atoms with van der Waals surface area (Å²) in [7, 11) is 1.92. The fraction of sp³-hybridized carbons (Fsp3) is 0.533. The highest BCUT2D eigenvalue weighted by atomic mass is 35.5. The van der Waals surface area contributed by atoms with E-state index in [-0.39, 0.29) is 16.7 Å². The van der Waals surface area contributed by atoms with Crippen LogP contribution in [0.2, 0.25) is 5.02 Å². The summed E-state index contributed by atoms with van der Waals surface area (Å²) in [6.45, 7) is 4.01. The molecule has 0 radical (unpaired) electrons. The van der Waals surface area contributed by atoms with Gasteiger partial charge in [-0.1, -0.05) is 11.6 Å². The molecule has 1 saturated heterocycles. The number of aryl methyl sites for hydroxylation is 1. The summed E-state index contributed by atoms with van der Waals surface area (Å²) in [5, 5.41) is 3.34. The number of rotatable bonds is 3. The molecule has 1 amide bonds. The number of nitrogens with zero attached hydrogens (tertiary/aromatic N) is 1. The molecule has 1 heterocycles. The number of carbonyl (C=O) groups excluding carboxylic acids is 1. The van der Waals surface area contributed by atoms with Gasteiger partial charge < -0.3 is 10.2 Å². The molecule has 0 saturated carbocycles. The van der Waals surface area contributed by atoms with Gasteiger partial charge in [0.15, 0.2) is 0 Å². The first-order chi connectivity index (χ1) is 9.52. The van der Waals surface area contributed by atoms with Crippen molar-refractivity contribution in [2.45, 2.75) is 19.8 Å². The van der Waals surface area contributed by atoms with Crippen LogP contribution < -0.4 is 5.32 Å². The Kier molecular flexibility index (Phi) is 5.00. The number of nitrogens with one attached hydrogen (secondary N) is 1. The zero-order chi connectivity index (χ0) is 14.7. The summed E-state index contributed by atoms with van der Waals surface area (Å²) in [5.74, 6) is -0.00447. The lowest BCUT2D eigenvalue weighted by Crippen LogP contribution is -2.42. The van der Waals surface area contributed by atoms with Gasteiger partial charge in [-0.3, -0.25) is 4.79 Å². The van der Waals surface area contributed by atoms with Crippen molar-refractivity contribution in [3.05, 3.63) is 34.1 Å². The lowest BCUT2D eigenvalue weighted by Gasteiger charge is -2.33. The molecule has 1 aliphatic heterocycles. The van der Waals surface area contributed by atoms with Crippen molar-refractivity contribution >= 4 is 17.5 Å². The SMILES string of the molecule is CNCC1CCCN(C(=O)c2cc(C)c(F)cc2Cl)C1. The van der Waals surface area contributed by atoms with Gasteiger partial charge in [0.2, 0.25) is 0 Å². The highest BCUT2D eigenvalue weighted by Crippen LogP contribution is 2.24. The van der Waals surface area contributed by atoms with E-state index in [0.717, 1.165) is 32.5 Å². The predicted octanol–water partition coefficient (Wildman–Crippen LogP) is 2.86. The highest BCUT2D eigenvalue weighted by Gasteiger charge is 2.25. The van der Waals surface area contributed by atoms with Gasteiger partial charge in [-0.05, 0) is 57.0 Å². The normalized spacial score (nSPS) is 19.2. The van der Waals surface area contributed by atoms with Crippen LogP contribution in [0.25, 0.3) is 0 Å². The zero-order valence-electron chi connectivity index (χ0n) is 11.9. The van der Waals surface area contributed by atoms with Crippen molar-refractivity contribution < 1.29 is 9.18 Å². The van der Waals surface area contributed by atoms with Crippen molar-refractivity contribution in [3.63, 3.8) is 0 Å². The van der Waals surface area contributed by atoms with Gasteiger partial charge in [-0.2, -0.15) is 0 Å². The maximum atomic E-state index is 13.4. The van der Waals surface area contributed by atoms with Gasteiger partial charge in [0, 0.05) is 13.1 Å². The van der Waals surface area contributed by atoms with Crippen molar-refractivity contribution in [1.82, 2.24) is 10.2 Å². The first-order valence-corrected chi connectivity index (χ1v) is 7.30. The molecule has 1 aromatic carbocycles. The summed E-state index contributed by atoms with van der Waals surface area (Å²) in [6, 6.07) is 2.76. The molecule has 1 fully saturated rings. The average molecular weight is 299 g/mol. The van der Waals surface area contributed by atoms with Gasteiger partial charge in [-0.15, -0.1) is 0 Å². The van der Waals surface area contributed by atoms with E-state index in [4.69, 9.17) is 11.6 Å². The molecule has 0 spiro atoms. The summed E-state index contributed by atoms with van der Waals surface area (Å²) in [4.78, 5) is 14.4. The highest BCUT2D eigenvalue weighted by molar-refractivity contribution is 6.33. The van der Waals surface area contributed by atoms with Crippen LogP contribution in [0.5, 0.6) is 0 Å². The van der Waals surface area contributed by atoms with Crippen LogP contribution in [0.4, 0.5) is 4.39 Å². The third-order valence-electron chi connectivity index (χ3n) is 3.78. The lowest BCUT2D eigenvalue weighted by atomic mass is 9.97. The van der Waals surface area contributed by atoms with Crippen LogP contribution in [0, 0.1) is 18.7 Å². The van der Waals surface area contributed by atoms with Crippen LogP contribution in [0.15, 0.2) is 12.1 Å². The maximum Gasteiger partial charge on any atom is 0.255 e. The van der Waals surface area contributed by atoms with E-state index < -0.39 is 0 Å². The van der Waals surface area contributed by atoms with E-state index in [2.05, 4.69) is 5.32 Å². The Balaban J connectivity index is 2.16. The molecular formula is C15H20ClFN2O. The predicted molar refractivity (Wildman–Crippen MR) is 78.7 cm³/mol. The Labute approximate surface area is 124 Å². The number of hydrogen-bond acceptors (Lipinski definition) is 2. The summed E-state index contributed by atoms with van der Waals surface area (Å²) >= 11 is 6.01. The van der Waals surface area contributed by atoms with Crippen molar-refractivity contribution in [2.75, 3.05) is 26.7 Å². The van der Waals surface area contributed by atoms with Gasteiger partial charge in [0.1, 0.15) is 5.82 Å². The number of piperidine rings is 1. The Morgan fingerprint density at radius 2 is 2.30 bits per heavy atom. The van der Waals surface area contributed by atoms with Crippen LogP contribution in [0.1, 0.15) is 28.8 Å². The summed E-state index contributed by atoms with van der Waals surface area (Å²) in [5.41, 5.74) is 0.845. The fourth-order valence-electron chi connectivity index (χ4n) is 2.70. The first-order valence-electron chi connectivity index (χ1n) is 6.92. The quantitative estimate of drug-likeness (QED) is 0.930. The summed E-state index contributed by atoms with van der Waals surface area (Å²) < 4.78 is 13.4. The molecule has 3 nitrogen and oxygen atoms in total. The fourth-order valence-corrected chi connectivity index (χ4v) is 2.93. The molecule has 0 aromatic heterocycles. The van der Waals surface area contributed by atoms with Gasteiger partial charge in [0.05, 0.1) is 10.6 Å². The molecule has 0 bridgehead atoms. The van der Waals surface area contributed by atoms with Gasteiger partial charge in [-0.25, -0.2) is 4.39 Å². The molecule has 1 N–H and O–H groups in total. The van der Waals surface area contributed by atoms with E-state index >= 15 is 0 Å². The smallest absolute Gasteiger partial charge is 0.255 e. The molecule has 2 rings (SSSR count). The van der Waals surface area contributed by atoms with E-state index in [1.165, 1.54) is 6.07 Å². The van der Waals surface area contributed by atoms with Crippen LogP contribution in [-0.4, -0.2) is 37.5 Å². The Hall–Kier alpha value is -1.13. The largest absolute Gasteiger partial charge is 0.338 e. The molecule has 1 aromatic rings. The van der Waals surface area contributed by atoms with Crippen molar-refractivity contribution in [3.8, 4) is 0 Å². The molecule has 20 heavy (non-hydrogen) atoms. The van der Waals surface area contributed by atoms with Gasteiger partial charge >= 0.3 is 0 Å². The topological polar surface area (TPSA) is 32.3 Å². The number of benzene rings is 1. The van der Waals surface area contributed by atoms with E-state index in [9.17, 15) is 9.18 Å².